The summed E-state index contributed by atoms with van der Waals surface area (Å²) in [5.74, 6) is -0.224. The average molecular weight is 295 g/mol. The van der Waals surface area contributed by atoms with Gasteiger partial charge in [-0.15, -0.1) is 0 Å². The van der Waals surface area contributed by atoms with E-state index in [9.17, 15) is 4.79 Å². The van der Waals surface area contributed by atoms with Gasteiger partial charge in [-0.05, 0) is 49.7 Å². The molecule has 2 aromatic rings. The highest BCUT2D eigenvalue weighted by Gasteiger charge is 2.09. The van der Waals surface area contributed by atoms with Gasteiger partial charge in [-0.25, -0.2) is 4.98 Å². The first-order valence-electron chi connectivity index (χ1n) is 5.67. The van der Waals surface area contributed by atoms with Gasteiger partial charge in [0, 0.05) is 22.0 Å². The van der Waals surface area contributed by atoms with Crippen molar-refractivity contribution in [3.8, 4) is 0 Å². The summed E-state index contributed by atoms with van der Waals surface area (Å²) in [6.07, 6.45) is 0. The molecule has 0 bridgehead atoms. The zero-order chi connectivity index (χ0) is 14.0. The maximum absolute atomic E-state index is 12.1. The van der Waals surface area contributed by atoms with Gasteiger partial charge in [0.15, 0.2) is 0 Å². The van der Waals surface area contributed by atoms with Gasteiger partial charge in [0.1, 0.15) is 5.15 Å². The van der Waals surface area contributed by atoms with Crippen molar-refractivity contribution in [3.63, 3.8) is 0 Å². The Balaban J connectivity index is 2.25. The number of aromatic nitrogens is 1. The summed E-state index contributed by atoms with van der Waals surface area (Å²) in [5, 5.41) is 3.77. The highest BCUT2D eigenvalue weighted by atomic mass is 35.5. The van der Waals surface area contributed by atoms with Crippen LogP contribution in [0.5, 0.6) is 0 Å². The third-order valence-corrected chi connectivity index (χ3v) is 3.05. The Labute approximate surface area is 121 Å². The second-order valence-electron chi connectivity index (χ2n) is 4.23. The molecule has 2 rings (SSSR count). The number of hydrogen-bond acceptors (Lipinski definition) is 2. The van der Waals surface area contributed by atoms with Gasteiger partial charge in [-0.3, -0.25) is 4.79 Å². The fourth-order valence-corrected chi connectivity index (χ4v) is 2.20. The number of anilines is 1. The van der Waals surface area contributed by atoms with Crippen LogP contribution in [0, 0.1) is 13.8 Å². The van der Waals surface area contributed by atoms with Crippen LogP contribution in [0.25, 0.3) is 0 Å². The van der Waals surface area contributed by atoms with Gasteiger partial charge in [-0.2, -0.15) is 0 Å². The van der Waals surface area contributed by atoms with Gasteiger partial charge in [-0.1, -0.05) is 23.2 Å². The molecule has 0 aliphatic rings. The predicted molar refractivity (Wildman–Crippen MR) is 78.1 cm³/mol. The van der Waals surface area contributed by atoms with Crippen LogP contribution in [0.2, 0.25) is 10.2 Å². The van der Waals surface area contributed by atoms with E-state index in [0.717, 1.165) is 11.3 Å². The Morgan fingerprint density at radius 2 is 1.89 bits per heavy atom. The highest BCUT2D eigenvalue weighted by Crippen LogP contribution is 2.20. The highest BCUT2D eigenvalue weighted by molar-refractivity contribution is 6.31. The largest absolute Gasteiger partial charge is 0.322 e. The van der Waals surface area contributed by atoms with Crippen molar-refractivity contribution < 1.29 is 4.79 Å². The molecule has 0 spiro atoms. The van der Waals surface area contributed by atoms with Crippen molar-refractivity contribution in [2.24, 2.45) is 0 Å². The topological polar surface area (TPSA) is 42.0 Å². The van der Waals surface area contributed by atoms with Crippen LogP contribution in [0.15, 0.2) is 30.3 Å². The van der Waals surface area contributed by atoms with E-state index in [0.29, 0.717) is 21.4 Å². The molecular weight excluding hydrogens is 283 g/mol. The van der Waals surface area contributed by atoms with E-state index < -0.39 is 0 Å². The minimum atomic E-state index is -0.224. The fourth-order valence-electron chi connectivity index (χ4n) is 1.72. The second-order valence-corrected chi connectivity index (χ2v) is 5.06. The van der Waals surface area contributed by atoms with Gasteiger partial charge < -0.3 is 5.32 Å². The van der Waals surface area contributed by atoms with Crippen molar-refractivity contribution in [2.45, 2.75) is 13.8 Å². The first-order chi connectivity index (χ1) is 8.95. The van der Waals surface area contributed by atoms with Crippen LogP contribution in [0.1, 0.15) is 21.6 Å². The number of carbonyl (C=O) groups is 1. The summed E-state index contributed by atoms with van der Waals surface area (Å²) in [7, 11) is 0. The van der Waals surface area contributed by atoms with Crippen molar-refractivity contribution in [1.82, 2.24) is 4.98 Å². The minimum absolute atomic E-state index is 0.224. The fraction of sp³-hybridized carbons (Fsp3) is 0.143. The lowest BCUT2D eigenvalue weighted by Crippen LogP contribution is -2.13. The number of nitrogens with zero attached hydrogens (tertiary/aromatic N) is 1. The zero-order valence-electron chi connectivity index (χ0n) is 10.5. The van der Waals surface area contributed by atoms with E-state index in [4.69, 9.17) is 23.2 Å². The number of pyridine rings is 1. The molecule has 3 nitrogen and oxygen atoms in total. The van der Waals surface area contributed by atoms with Gasteiger partial charge in [0.05, 0.1) is 0 Å². The molecular formula is C14H12Cl2N2O. The molecule has 1 amide bonds. The quantitative estimate of drug-likeness (QED) is 0.841. The summed E-state index contributed by atoms with van der Waals surface area (Å²) >= 11 is 11.7. The maximum Gasteiger partial charge on any atom is 0.255 e. The number of benzene rings is 1. The van der Waals surface area contributed by atoms with Crippen molar-refractivity contribution in [1.29, 1.82) is 0 Å². The Kier molecular flexibility index (Phi) is 4.08. The van der Waals surface area contributed by atoms with Crippen molar-refractivity contribution in [2.75, 3.05) is 5.32 Å². The standard InChI is InChI=1S/C14H12Cl2N2O/c1-8-5-11(15)3-4-12(8)18-14(19)10-6-9(2)17-13(16)7-10/h3-7H,1-2H3,(H,18,19). The van der Waals surface area contributed by atoms with Crippen LogP contribution in [-0.2, 0) is 0 Å². The SMILES string of the molecule is Cc1cc(C(=O)Nc2ccc(Cl)cc2C)cc(Cl)n1. The molecule has 0 saturated carbocycles. The molecule has 0 radical (unpaired) electrons. The molecule has 0 unspecified atom stereocenters. The number of aryl methyl sites for hydroxylation is 2. The number of nitrogens with one attached hydrogen (secondary N) is 1. The van der Waals surface area contributed by atoms with Crippen LogP contribution < -0.4 is 5.32 Å². The molecule has 0 aliphatic carbocycles. The van der Waals surface area contributed by atoms with Crippen LogP contribution in [0.3, 0.4) is 0 Å². The number of carbonyl (C=O) groups excluding carboxylic acids is 1. The summed E-state index contributed by atoms with van der Waals surface area (Å²) < 4.78 is 0. The minimum Gasteiger partial charge on any atom is -0.322 e. The lowest BCUT2D eigenvalue weighted by molar-refractivity contribution is 0.102. The third-order valence-electron chi connectivity index (χ3n) is 2.62. The molecule has 1 N–H and O–H groups in total. The summed E-state index contributed by atoms with van der Waals surface area (Å²) in [6.45, 7) is 3.67. The summed E-state index contributed by atoms with van der Waals surface area (Å²) in [6, 6.07) is 8.52. The first kappa shape index (κ1) is 13.8. The third kappa shape index (κ3) is 3.46. The van der Waals surface area contributed by atoms with Crippen LogP contribution >= 0.6 is 23.2 Å². The smallest absolute Gasteiger partial charge is 0.255 e. The molecule has 98 valence electrons. The Morgan fingerprint density at radius 1 is 1.16 bits per heavy atom. The Hall–Kier alpha value is -1.58. The van der Waals surface area contributed by atoms with Crippen molar-refractivity contribution >= 4 is 34.8 Å². The zero-order valence-corrected chi connectivity index (χ0v) is 12.0. The van der Waals surface area contributed by atoms with Crippen molar-refractivity contribution in [3.05, 3.63) is 57.3 Å². The maximum atomic E-state index is 12.1. The molecule has 1 aromatic heterocycles. The number of rotatable bonds is 2. The van der Waals surface area contributed by atoms with E-state index in [-0.39, 0.29) is 5.91 Å². The molecule has 0 fully saturated rings. The molecule has 1 heterocycles. The number of halogens is 2. The number of hydrogen-bond donors (Lipinski definition) is 1. The predicted octanol–water partition coefficient (Wildman–Crippen LogP) is 4.26. The lowest BCUT2D eigenvalue weighted by atomic mass is 10.1. The molecule has 0 saturated heterocycles. The molecule has 5 heteroatoms. The number of amides is 1. The van der Waals surface area contributed by atoms with Gasteiger partial charge >= 0.3 is 0 Å². The van der Waals surface area contributed by atoms with E-state index in [1.165, 1.54) is 6.07 Å². The van der Waals surface area contributed by atoms with E-state index in [1.54, 1.807) is 31.2 Å². The normalized spacial score (nSPS) is 10.3. The summed E-state index contributed by atoms with van der Waals surface area (Å²) in [5.41, 5.74) is 2.80. The molecule has 0 aliphatic heterocycles. The van der Waals surface area contributed by atoms with E-state index in [1.807, 2.05) is 6.92 Å². The van der Waals surface area contributed by atoms with Gasteiger partial charge in [0.25, 0.3) is 5.91 Å². The van der Waals surface area contributed by atoms with Gasteiger partial charge in [0.2, 0.25) is 0 Å². The molecule has 1 aromatic carbocycles. The average Bonchev–Trinajstić information content (AvgIpc) is 2.31. The summed E-state index contributed by atoms with van der Waals surface area (Å²) in [4.78, 5) is 16.1. The Morgan fingerprint density at radius 3 is 2.53 bits per heavy atom. The molecule has 19 heavy (non-hydrogen) atoms. The van der Waals surface area contributed by atoms with Crippen LogP contribution in [-0.4, -0.2) is 10.9 Å². The van der Waals surface area contributed by atoms with E-state index in [2.05, 4.69) is 10.3 Å². The Bertz CT molecular complexity index is 621. The van der Waals surface area contributed by atoms with E-state index >= 15 is 0 Å². The lowest BCUT2D eigenvalue weighted by Gasteiger charge is -2.09. The monoisotopic (exact) mass is 294 g/mol. The second kappa shape index (κ2) is 5.59. The van der Waals surface area contributed by atoms with Crippen LogP contribution in [0.4, 0.5) is 5.69 Å². The first-order valence-corrected chi connectivity index (χ1v) is 6.43. The molecule has 0 atom stereocenters.